The third-order valence-corrected chi connectivity index (χ3v) is 16.3. The van der Waals surface area contributed by atoms with Crippen LogP contribution < -0.4 is 40.6 Å². The number of pyridine rings is 2. The number of carbonyl (C=O) groups is 4. The Bertz CT molecular complexity index is 4170. The van der Waals surface area contributed by atoms with Crippen LogP contribution in [0.15, 0.2) is 70.5 Å². The van der Waals surface area contributed by atoms with Crippen LogP contribution in [-0.4, -0.2) is 101 Å². The number of carbonyl (C=O) groups excluding carboxylic acids is 3. The number of likely N-dealkylation sites (N-methyl/N-ethyl adjacent to an activating group) is 2. The summed E-state index contributed by atoms with van der Waals surface area (Å²) >= 11 is 0. The van der Waals surface area contributed by atoms with Gasteiger partial charge < -0.3 is 44.9 Å². The van der Waals surface area contributed by atoms with Crippen LogP contribution in [0.2, 0.25) is 0 Å². The number of nitrogens with zero attached hydrogens (tertiary/aromatic N) is 4. The number of aliphatic carboxylic acids is 1. The number of carboxylic acids is 1. The van der Waals surface area contributed by atoms with Crippen LogP contribution in [0, 0.1) is 74.4 Å². The number of amides is 2. The zero-order valence-corrected chi connectivity index (χ0v) is 61.9. The molecular formula is C70H81F18LiN6O9S2. The van der Waals surface area contributed by atoms with E-state index >= 15 is 17.6 Å². The van der Waals surface area contributed by atoms with Gasteiger partial charge in [0.2, 0.25) is 11.8 Å². The van der Waals surface area contributed by atoms with E-state index in [0.717, 1.165) is 41.2 Å². The van der Waals surface area contributed by atoms with Crippen molar-refractivity contribution in [3.8, 4) is 22.3 Å². The van der Waals surface area contributed by atoms with Gasteiger partial charge in [-0.2, -0.15) is 79.7 Å². The maximum atomic E-state index is 16.6. The van der Waals surface area contributed by atoms with Crippen molar-refractivity contribution in [3.05, 3.63) is 183 Å². The molecule has 2 heterocycles. The second-order valence-electron chi connectivity index (χ2n) is 25.9. The van der Waals surface area contributed by atoms with E-state index in [-0.39, 0.29) is 153 Å². The molecule has 0 spiro atoms. The first kappa shape index (κ1) is 96.6. The van der Waals surface area contributed by atoms with Crippen LogP contribution in [0.5, 0.6) is 0 Å². The number of halogens is 18. The van der Waals surface area contributed by atoms with Crippen molar-refractivity contribution in [2.75, 3.05) is 47.9 Å². The number of esters is 1. The third kappa shape index (κ3) is 24.5. The van der Waals surface area contributed by atoms with E-state index in [1.54, 1.807) is 65.7 Å². The number of aryl methyl sites for hydroxylation is 4. The Hall–Kier alpha value is -7.42. The van der Waals surface area contributed by atoms with Gasteiger partial charge in [0, 0.05) is 59.9 Å². The molecule has 106 heavy (non-hydrogen) atoms. The SMILES string of the molecule is CCOC(=O)C[C@H](NC(=O)C(CC(C)C)n1cc(CCN(C)C)c(C(F)(F)F)cc1=O)c1c(F)c(-c2c(C)cc(F)cc2C)cc(C(F)(F)F)c1F.Cc1cc(F)cc(C)c1-c1cc(C(F)(F)F)c(F)c([C@H](CC(=O)O)NC(=O)C(CC(C)C)n2cc(CCN(C)C)c(C(F)(F)F)cc2=O)c1F.S.S.[Li+].[OH-]. The number of hydrogen-bond acceptors (Lipinski definition) is 10. The molecule has 0 bridgehead atoms. The van der Waals surface area contributed by atoms with Gasteiger partial charge in [0.25, 0.3) is 11.1 Å². The number of alkyl halides is 12. The fraction of sp³-hybridized carbons (Fsp3) is 0.457. The Morgan fingerprint density at radius 2 is 0.802 bits per heavy atom. The molecule has 584 valence electrons. The third-order valence-electron chi connectivity index (χ3n) is 16.3. The van der Waals surface area contributed by atoms with Crippen molar-refractivity contribution >= 4 is 50.7 Å². The van der Waals surface area contributed by atoms with Gasteiger partial charge in [-0.15, -0.1) is 0 Å². The van der Waals surface area contributed by atoms with Crippen LogP contribution in [0.4, 0.5) is 79.0 Å². The van der Waals surface area contributed by atoms with E-state index in [4.69, 9.17) is 4.74 Å². The van der Waals surface area contributed by atoms with Gasteiger partial charge in [-0.05, 0) is 181 Å². The van der Waals surface area contributed by atoms with Gasteiger partial charge >= 0.3 is 55.5 Å². The molecule has 0 radical (unpaired) electrons. The molecule has 0 fully saturated rings. The Balaban J connectivity index is 0.00000102. The number of rotatable bonds is 25. The van der Waals surface area contributed by atoms with Gasteiger partial charge in [-0.1, -0.05) is 27.7 Å². The van der Waals surface area contributed by atoms with E-state index in [1.807, 2.05) is 0 Å². The van der Waals surface area contributed by atoms with E-state index in [9.17, 15) is 95.3 Å². The van der Waals surface area contributed by atoms with E-state index in [1.165, 1.54) is 34.6 Å². The predicted octanol–water partition coefficient (Wildman–Crippen LogP) is 12.8. The molecule has 0 aliphatic carbocycles. The summed E-state index contributed by atoms with van der Waals surface area (Å²) in [7, 11) is 6.41. The summed E-state index contributed by atoms with van der Waals surface area (Å²) in [6.07, 6.45) is -22.4. The minimum atomic E-state index is -5.45. The van der Waals surface area contributed by atoms with Crippen LogP contribution in [0.3, 0.4) is 0 Å². The normalized spacial score (nSPS) is 13.0. The molecule has 2 amide bonds. The standard InChI is InChI=1S/C36H40F9N3O4.C34H36F9N3O4.Li.H2O.2H2S/c1-8-52-29(50)16-26(31-32(38)23(14-25(33(31)39)36(43,44)45)30-19(4)12-22(37)13-20(30)5)46-34(51)27(11-18(2)3)48-17-21(9-10-47(6)7)24(15-28(48)49)35(40,41)42;1-16(2)9-25(46-15-19(7-8-45(5)6)22(13-26(46)47)33(38,39)40)32(50)44-24(14-27(48)49)29-30(36)21(12-23(31(29)37)34(41,42)43)28-17(3)10-20(35)11-18(28)4;;;;/h12-15,17-18,26-27H,8-11,16H2,1-7H3,(H,46,51);10-13,15-16,24-25H,7-9,14H2,1-6H3,(H,44,50)(H,48,49);;3*1H2/q;;+1;;;/p-1/t26-,27?;24-,25?;;;;/m00..../s1. The fourth-order valence-electron chi connectivity index (χ4n) is 11.8. The largest absolute Gasteiger partial charge is 1.00 e. The molecule has 4 atom stereocenters. The van der Waals surface area contributed by atoms with Crippen LogP contribution in [0.1, 0.15) is 151 Å². The van der Waals surface area contributed by atoms with Crippen molar-refractivity contribution in [1.29, 1.82) is 0 Å². The molecule has 36 heteroatoms. The van der Waals surface area contributed by atoms with Gasteiger partial charge in [0.1, 0.15) is 47.0 Å². The Morgan fingerprint density at radius 1 is 0.500 bits per heavy atom. The average Bonchev–Trinajstić information content (AvgIpc) is 0.758. The molecule has 0 saturated heterocycles. The molecule has 15 nitrogen and oxygen atoms in total. The monoisotopic (exact) mass is 1560 g/mol. The molecule has 2 aromatic heterocycles. The zero-order chi connectivity index (χ0) is 77.5. The molecule has 2 unspecified atom stereocenters. The zero-order valence-electron chi connectivity index (χ0n) is 59.9. The quantitative estimate of drug-likeness (QED) is 0.0280. The number of benzene rings is 4. The summed E-state index contributed by atoms with van der Waals surface area (Å²) in [5, 5.41) is 13.9. The topological polar surface area (TPSA) is 202 Å². The number of ether oxygens (including phenoxy) is 1. The van der Waals surface area contributed by atoms with Crippen molar-refractivity contribution in [2.45, 2.75) is 150 Å². The Morgan fingerprint density at radius 3 is 1.07 bits per heavy atom. The summed E-state index contributed by atoms with van der Waals surface area (Å²) < 4.78 is 268. The summed E-state index contributed by atoms with van der Waals surface area (Å²) in [5.41, 5.74) is -14.7. The summed E-state index contributed by atoms with van der Waals surface area (Å²) in [6, 6.07) is -3.14. The average molecular weight is 1560 g/mol. The summed E-state index contributed by atoms with van der Waals surface area (Å²) in [5.74, 6) is -15.6. The van der Waals surface area contributed by atoms with Gasteiger partial charge in [0.05, 0.1) is 53.8 Å². The van der Waals surface area contributed by atoms with Crippen LogP contribution in [-0.2, 0) is 61.5 Å². The second kappa shape index (κ2) is 39.1. The molecule has 0 aliphatic heterocycles. The fourth-order valence-corrected chi connectivity index (χ4v) is 11.8. The second-order valence-corrected chi connectivity index (χ2v) is 25.9. The van der Waals surface area contributed by atoms with Gasteiger partial charge in [-0.3, -0.25) is 28.8 Å². The molecule has 4 aromatic carbocycles. The van der Waals surface area contributed by atoms with Crippen molar-refractivity contribution in [2.24, 2.45) is 11.8 Å². The van der Waals surface area contributed by atoms with Crippen LogP contribution >= 0.6 is 27.0 Å². The molecular weight excluding hydrogens is 1480 g/mol. The van der Waals surface area contributed by atoms with Gasteiger partial charge in [-0.25, -0.2) is 26.3 Å². The first-order valence-corrected chi connectivity index (χ1v) is 31.6. The maximum Gasteiger partial charge on any atom is 1.00 e. The number of aromatic nitrogens is 2. The Labute approximate surface area is 624 Å². The first-order chi connectivity index (χ1) is 46.9. The van der Waals surface area contributed by atoms with Gasteiger partial charge in [0.15, 0.2) is 0 Å². The minimum absolute atomic E-state index is 0. The van der Waals surface area contributed by atoms with Crippen LogP contribution in [0.25, 0.3) is 22.3 Å². The maximum absolute atomic E-state index is 16.6. The number of carboxylic acid groups (broad SMARTS) is 1. The minimum Gasteiger partial charge on any atom is -0.870 e. The van der Waals surface area contributed by atoms with E-state index < -0.39 is 188 Å². The molecule has 6 rings (SSSR count). The Kier molecular flexibility index (Phi) is 35.6. The van der Waals surface area contributed by atoms with E-state index in [0.29, 0.717) is 16.7 Å². The summed E-state index contributed by atoms with van der Waals surface area (Å²) in [6.45, 7) is 12.9. The molecule has 0 saturated carbocycles. The smallest absolute Gasteiger partial charge is 0.870 e. The summed E-state index contributed by atoms with van der Waals surface area (Å²) in [4.78, 5) is 82.0. The van der Waals surface area contributed by atoms with E-state index in [2.05, 4.69) is 10.6 Å². The van der Waals surface area contributed by atoms with Crippen molar-refractivity contribution in [3.63, 3.8) is 0 Å². The first-order valence-electron chi connectivity index (χ1n) is 31.6. The predicted molar refractivity (Wildman–Crippen MR) is 363 cm³/mol. The number of hydrogen-bond donors (Lipinski definition) is 3. The molecule has 4 N–H and O–H groups in total. The van der Waals surface area contributed by atoms with Crippen molar-refractivity contribution < 1.29 is 132 Å². The number of nitrogens with one attached hydrogen (secondary N) is 2. The molecule has 0 aliphatic rings. The van der Waals surface area contributed by atoms with Crippen molar-refractivity contribution in [1.82, 2.24) is 29.6 Å². The molecule has 6 aromatic rings.